The first-order valence-corrected chi connectivity index (χ1v) is 11.1. The summed E-state index contributed by atoms with van der Waals surface area (Å²) in [5, 5.41) is 2.84. The number of amides is 2. The number of rotatable bonds is 9. The average Bonchev–Trinajstić information content (AvgIpc) is 2.82. The maximum atomic E-state index is 13.8. The van der Waals surface area contributed by atoms with E-state index in [0.29, 0.717) is 23.5 Å². The number of carbonyl (C=O) groups is 2. The molecule has 0 spiro atoms. The largest absolute Gasteiger partial charge is 0.497 e. The second-order valence-corrected chi connectivity index (χ2v) is 9.07. The van der Waals surface area contributed by atoms with Crippen molar-refractivity contribution in [2.75, 3.05) is 25.5 Å². The highest BCUT2D eigenvalue weighted by Gasteiger charge is 2.25. The van der Waals surface area contributed by atoms with E-state index < -0.39 is 23.0 Å². The molecule has 3 rings (SSSR count). The van der Waals surface area contributed by atoms with Gasteiger partial charge in [-0.1, -0.05) is 32.0 Å². The molecule has 0 aromatic heterocycles. The van der Waals surface area contributed by atoms with E-state index in [9.17, 15) is 18.4 Å². The predicted molar refractivity (Wildman–Crippen MR) is 131 cm³/mol. The number of nitrogens with two attached hydrogens (primary N) is 1. The van der Waals surface area contributed by atoms with E-state index >= 15 is 0 Å². The lowest BCUT2D eigenvalue weighted by Crippen LogP contribution is -2.41. The van der Waals surface area contributed by atoms with Crippen LogP contribution in [0.5, 0.6) is 5.75 Å². The van der Waals surface area contributed by atoms with Gasteiger partial charge in [0.2, 0.25) is 0 Å². The molecule has 184 valence electrons. The molecule has 0 aliphatic rings. The molecule has 2 amide bonds. The molecule has 0 bridgehead atoms. The smallest absolute Gasteiger partial charge is 0.255 e. The molecule has 3 N–H and O–H groups in total. The number of nitrogens with zero attached hydrogens (tertiary/aromatic N) is 1. The molecule has 3 aromatic carbocycles. The normalized spacial score (nSPS) is 11.1. The van der Waals surface area contributed by atoms with Crippen molar-refractivity contribution in [1.29, 1.82) is 0 Å². The van der Waals surface area contributed by atoms with Crippen LogP contribution in [0.25, 0.3) is 0 Å². The van der Waals surface area contributed by atoms with Crippen LogP contribution < -0.4 is 15.8 Å². The third-order valence-electron chi connectivity index (χ3n) is 5.46. The van der Waals surface area contributed by atoms with E-state index in [2.05, 4.69) is 5.32 Å². The maximum absolute atomic E-state index is 13.8. The highest BCUT2D eigenvalue weighted by atomic mass is 19.1. The van der Waals surface area contributed by atoms with Crippen molar-refractivity contribution >= 4 is 17.5 Å². The van der Waals surface area contributed by atoms with Crippen LogP contribution in [-0.2, 0) is 6.54 Å². The Labute approximate surface area is 203 Å². The Morgan fingerprint density at radius 2 is 1.66 bits per heavy atom. The third-order valence-corrected chi connectivity index (χ3v) is 5.46. The first-order chi connectivity index (χ1) is 16.6. The molecule has 0 atom stereocenters. The second kappa shape index (κ2) is 11.1. The van der Waals surface area contributed by atoms with Gasteiger partial charge in [0.15, 0.2) is 0 Å². The van der Waals surface area contributed by atoms with Crippen molar-refractivity contribution in [2.24, 2.45) is 11.1 Å². The highest BCUT2D eigenvalue weighted by Crippen LogP contribution is 2.22. The molecule has 6 nitrogen and oxygen atoms in total. The number of nitrogens with one attached hydrogen (secondary N) is 1. The van der Waals surface area contributed by atoms with Crippen LogP contribution >= 0.6 is 0 Å². The monoisotopic (exact) mass is 481 g/mol. The van der Waals surface area contributed by atoms with Gasteiger partial charge in [-0.15, -0.1) is 0 Å². The molecule has 0 saturated heterocycles. The molecule has 8 heteroatoms. The minimum Gasteiger partial charge on any atom is -0.497 e. The van der Waals surface area contributed by atoms with Gasteiger partial charge in [-0.3, -0.25) is 9.59 Å². The quantitative estimate of drug-likeness (QED) is 0.458. The van der Waals surface area contributed by atoms with Crippen LogP contribution in [0.1, 0.15) is 40.1 Å². The maximum Gasteiger partial charge on any atom is 0.255 e. The van der Waals surface area contributed by atoms with Crippen LogP contribution in [0, 0.1) is 17.0 Å². The van der Waals surface area contributed by atoms with Crippen molar-refractivity contribution in [3.63, 3.8) is 0 Å². The zero-order valence-electron chi connectivity index (χ0n) is 20.0. The van der Waals surface area contributed by atoms with E-state index in [1.807, 2.05) is 19.9 Å². The molecule has 0 heterocycles. The van der Waals surface area contributed by atoms with E-state index in [1.54, 1.807) is 42.5 Å². The zero-order valence-corrected chi connectivity index (χ0v) is 20.0. The van der Waals surface area contributed by atoms with Crippen molar-refractivity contribution in [3.05, 3.63) is 95.1 Å². The third kappa shape index (κ3) is 7.10. The Bertz CT molecular complexity index is 1190. The molecule has 3 aromatic rings. The van der Waals surface area contributed by atoms with Gasteiger partial charge < -0.3 is 20.7 Å². The van der Waals surface area contributed by atoms with Gasteiger partial charge in [-0.25, -0.2) is 8.78 Å². The molecular formula is C27H29F2N3O3. The van der Waals surface area contributed by atoms with Crippen LogP contribution in [0.3, 0.4) is 0 Å². The summed E-state index contributed by atoms with van der Waals surface area (Å²) in [6.07, 6.45) is 0. The fourth-order valence-corrected chi connectivity index (χ4v) is 3.58. The predicted octanol–water partition coefficient (Wildman–Crippen LogP) is 4.85. The number of carbonyl (C=O) groups excluding carboxylic acids is 2. The Morgan fingerprint density at radius 1 is 0.971 bits per heavy atom. The summed E-state index contributed by atoms with van der Waals surface area (Å²) in [6.45, 7) is 4.55. The first-order valence-electron chi connectivity index (χ1n) is 11.1. The fraction of sp³-hybridized carbons (Fsp3) is 0.259. The summed E-state index contributed by atoms with van der Waals surface area (Å²) in [4.78, 5) is 27.4. The number of ether oxygens (including phenoxy) is 1. The summed E-state index contributed by atoms with van der Waals surface area (Å²) in [5.74, 6) is -1.91. The lowest BCUT2D eigenvalue weighted by Gasteiger charge is -2.32. The zero-order chi connectivity index (χ0) is 25.6. The van der Waals surface area contributed by atoms with Crippen LogP contribution in [-0.4, -0.2) is 36.9 Å². The van der Waals surface area contributed by atoms with E-state index in [1.165, 1.54) is 12.0 Å². The number of hydrogen-bond donors (Lipinski definition) is 2. The number of anilines is 1. The van der Waals surface area contributed by atoms with Gasteiger partial charge in [-0.2, -0.15) is 0 Å². The van der Waals surface area contributed by atoms with Crippen molar-refractivity contribution in [3.8, 4) is 5.75 Å². The van der Waals surface area contributed by atoms with E-state index in [-0.39, 0.29) is 24.6 Å². The lowest BCUT2D eigenvalue weighted by molar-refractivity contribution is 0.0672. The van der Waals surface area contributed by atoms with Gasteiger partial charge in [0.05, 0.1) is 7.11 Å². The van der Waals surface area contributed by atoms with Gasteiger partial charge in [-0.05, 0) is 60.0 Å². The average molecular weight is 482 g/mol. The van der Waals surface area contributed by atoms with Gasteiger partial charge >= 0.3 is 0 Å². The molecule has 0 fully saturated rings. The molecule has 0 aliphatic carbocycles. The Morgan fingerprint density at radius 3 is 2.31 bits per heavy atom. The summed E-state index contributed by atoms with van der Waals surface area (Å²) in [5.41, 5.74) is 7.06. The molecule has 0 radical (unpaired) electrons. The van der Waals surface area contributed by atoms with Gasteiger partial charge in [0.25, 0.3) is 11.8 Å². The fourth-order valence-electron chi connectivity index (χ4n) is 3.58. The molecule has 0 unspecified atom stereocenters. The van der Waals surface area contributed by atoms with Gasteiger partial charge in [0.1, 0.15) is 17.4 Å². The summed E-state index contributed by atoms with van der Waals surface area (Å²) in [6, 6.07) is 16.6. The number of methoxy groups -OCH3 is 1. The molecule has 35 heavy (non-hydrogen) atoms. The highest BCUT2D eigenvalue weighted by molar-refractivity contribution is 6.04. The van der Waals surface area contributed by atoms with Crippen LogP contribution in [0.15, 0.2) is 66.7 Å². The number of benzene rings is 3. The van der Waals surface area contributed by atoms with Crippen molar-refractivity contribution < 1.29 is 23.1 Å². The standard InChI is InChI=1S/C27H29F2N3O3/c1-27(2,16-30)17-32(26(34)20-11-21(28)14-22(29)12-20)15-18-6-4-8-23(10-18)31-25(33)19-7-5-9-24(13-19)35-3/h4-14H,15-17,30H2,1-3H3,(H,31,33). The topological polar surface area (TPSA) is 84.7 Å². The lowest BCUT2D eigenvalue weighted by atomic mass is 9.92. The van der Waals surface area contributed by atoms with E-state index in [0.717, 1.165) is 23.8 Å². The number of halogens is 2. The molecule has 0 aliphatic heterocycles. The second-order valence-electron chi connectivity index (χ2n) is 9.07. The number of hydrogen-bond acceptors (Lipinski definition) is 4. The summed E-state index contributed by atoms with van der Waals surface area (Å²) in [7, 11) is 1.53. The molecule has 0 saturated carbocycles. The summed E-state index contributed by atoms with van der Waals surface area (Å²) >= 11 is 0. The minimum absolute atomic E-state index is 0.0854. The molecular weight excluding hydrogens is 452 g/mol. The van der Waals surface area contributed by atoms with Gasteiger partial charge in [0, 0.05) is 36.0 Å². The summed E-state index contributed by atoms with van der Waals surface area (Å²) < 4.78 is 32.7. The Kier molecular flexibility index (Phi) is 8.19. The van der Waals surface area contributed by atoms with Crippen molar-refractivity contribution in [1.82, 2.24) is 4.90 Å². The SMILES string of the molecule is COc1cccc(C(=O)Nc2cccc(CN(CC(C)(C)CN)C(=O)c3cc(F)cc(F)c3)c2)c1. The van der Waals surface area contributed by atoms with Crippen molar-refractivity contribution in [2.45, 2.75) is 20.4 Å². The first kappa shape index (κ1) is 25.8. The van der Waals surface area contributed by atoms with Crippen LogP contribution in [0.4, 0.5) is 14.5 Å². The Hall–Kier alpha value is -3.78. The Balaban J connectivity index is 1.83. The van der Waals surface area contributed by atoms with E-state index in [4.69, 9.17) is 10.5 Å². The minimum atomic E-state index is -0.825. The van der Waals surface area contributed by atoms with Crippen LogP contribution in [0.2, 0.25) is 0 Å².